The number of amides is 1. The second kappa shape index (κ2) is 6.44. The summed E-state index contributed by atoms with van der Waals surface area (Å²) in [4.78, 5) is 24.1. The molecule has 0 bridgehead atoms. The van der Waals surface area contributed by atoms with Gasteiger partial charge in [-0.25, -0.2) is 0 Å². The molecular formula is C15H14ClN3O3. The van der Waals surface area contributed by atoms with Gasteiger partial charge >= 0.3 is 0 Å². The summed E-state index contributed by atoms with van der Waals surface area (Å²) < 4.78 is 0. The van der Waals surface area contributed by atoms with Crippen LogP contribution in [0.5, 0.6) is 0 Å². The zero-order valence-electron chi connectivity index (χ0n) is 11.8. The van der Waals surface area contributed by atoms with Gasteiger partial charge in [0, 0.05) is 30.2 Å². The van der Waals surface area contributed by atoms with Gasteiger partial charge in [0.05, 0.1) is 4.92 Å². The lowest BCUT2D eigenvalue weighted by molar-refractivity contribution is -0.383. The van der Waals surface area contributed by atoms with Gasteiger partial charge in [-0.15, -0.1) is 0 Å². The summed E-state index contributed by atoms with van der Waals surface area (Å²) in [5, 5.41) is 11.4. The van der Waals surface area contributed by atoms with Gasteiger partial charge in [0.1, 0.15) is 5.69 Å². The average Bonchev–Trinajstić information content (AvgIpc) is 2.49. The molecule has 114 valence electrons. The zero-order valence-corrected chi connectivity index (χ0v) is 12.6. The van der Waals surface area contributed by atoms with Gasteiger partial charge in [-0.1, -0.05) is 29.8 Å². The number of nitrogens with zero attached hydrogens (tertiary/aromatic N) is 2. The van der Waals surface area contributed by atoms with Crippen molar-refractivity contribution in [2.45, 2.75) is 6.54 Å². The third kappa shape index (κ3) is 3.35. The molecular weight excluding hydrogens is 306 g/mol. The van der Waals surface area contributed by atoms with Crippen molar-refractivity contribution in [1.82, 2.24) is 4.90 Å². The molecule has 0 radical (unpaired) electrons. The van der Waals surface area contributed by atoms with E-state index < -0.39 is 4.92 Å². The number of rotatable bonds is 4. The first-order valence-electron chi connectivity index (χ1n) is 6.43. The van der Waals surface area contributed by atoms with E-state index in [1.165, 1.54) is 23.1 Å². The molecule has 22 heavy (non-hydrogen) atoms. The minimum Gasteiger partial charge on any atom is -0.393 e. The van der Waals surface area contributed by atoms with Crippen molar-refractivity contribution in [1.29, 1.82) is 0 Å². The van der Waals surface area contributed by atoms with Crippen molar-refractivity contribution < 1.29 is 9.72 Å². The fraction of sp³-hybridized carbons (Fsp3) is 0.133. The molecule has 1 amide bonds. The molecule has 0 aromatic heterocycles. The summed E-state index contributed by atoms with van der Waals surface area (Å²) in [7, 11) is 1.61. The van der Waals surface area contributed by atoms with E-state index in [-0.39, 0.29) is 22.8 Å². The standard InChI is InChI=1S/C15H14ClN3O3/c1-18(9-11-4-2-3-5-12(11)16)15(20)10-6-7-13(17)14(8-10)19(21)22/h2-8H,9,17H2,1H3. The number of benzene rings is 2. The van der Waals surface area contributed by atoms with Crippen LogP contribution in [0, 0.1) is 10.1 Å². The molecule has 0 unspecified atom stereocenters. The molecule has 0 saturated heterocycles. The van der Waals surface area contributed by atoms with Crippen LogP contribution >= 0.6 is 11.6 Å². The van der Waals surface area contributed by atoms with Gasteiger partial charge in [-0.2, -0.15) is 0 Å². The van der Waals surface area contributed by atoms with Crippen LogP contribution in [-0.2, 0) is 6.54 Å². The largest absolute Gasteiger partial charge is 0.393 e. The molecule has 0 saturated carbocycles. The fourth-order valence-electron chi connectivity index (χ4n) is 2.01. The van der Waals surface area contributed by atoms with Crippen LogP contribution in [0.25, 0.3) is 0 Å². The van der Waals surface area contributed by atoms with Crippen molar-refractivity contribution in [2.24, 2.45) is 0 Å². The molecule has 0 aliphatic heterocycles. The van der Waals surface area contributed by atoms with E-state index in [0.29, 0.717) is 11.6 Å². The number of hydrogen-bond donors (Lipinski definition) is 1. The number of nitrogens with two attached hydrogens (primary N) is 1. The smallest absolute Gasteiger partial charge is 0.292 e. The van der Waals surface area contributed by atoms with Crippen LogP contribution < -0.4 is 5.73 Å². The lowest BCUT2D eigenvalue weighted by Crippen LogP contribution is -2.26. The lowest BCUT2D eigenvalue weighted by atomic mass is 10.1. The Labute approximate surface area is 132 Å². The first kappa shape index (κ1) is 15.8. The average molecular weight is 320 g/mol. The van der Waals surface area contributed by atoms with E-state index in [1.807, 2.05) is 12.1 Å². The number of hydrogen-bond acceptors (Lipinski definition) is 4. The summed E-state index contributed by atoms with van der Waals surface area (Å²) in [6, 6.07) is 11.2. The van der Waals surface area contributed by atoms with Crippen LogP contribution in [0.4, 0.5) is 11.4 Å². The van der Waals surface area contributed by atoms with Gasteiger partial charge in [-0.3, -0.25) is 14.9 Å². The molecule has 0 atom stereocenters. The van der Waals surface area contributed by atoms with Gasteiger partial charge in [-0.05, 0) is 23.8 Å². The number of nitrogen functional groups attached to an aromatic ring is 1. The quantitative estimate of drug-likeness (QED) is 0.532. The van der Waals surface area contributed by atoms with E-state index in [2.05, 4.69) is 0 Å². The highest BCUT2D eigenvalue weighted by Crippen LogP contribution is 2.24. The maximum Gasteiger partial charge on any atom is 0.292 e. The van der Waals surface area contributed by atoms with E-state index >= 15 is 0 Å². The summed E-state index contributed by atoms with van der Waals surface area (Å²) in [6.45, 7) is 0.302. The number of anilines is 1. The third-order valence-corrected chi connectivity index (χ3v) is 3.55. The first-order valence-corrected chi connectivity index (χ1v) is 6.80. The molecule has 0 fully saturated rings. The monoisotopic (exact) mass is 319 g/mol. The molecule has 2 aromatic carbocycles. The van der Waals surface area contributed by atoms with E-state index in [0.717, 1.165) is 5.56 Å². The highest BCUT2D eigenvalue weighted by atomic mass is 35.5. The Balaban J connectivity index is 2.23. The SMILES string of the molecule is CN(Cc1ccccc1Cl)C(=O)c1ccc(N)c([N+](=O)[O-])c1. The number of carbonyl (C=O) groups excluding carboxylic acids is 1. The predicted octanol–water partition coefficient (Wildman–Crippen LogP) is 3.10. The summed E-state index contributed by atoms with van der Waals surface area (Å²) in [5.74, 6) is -0.344. The zero-order chi connectivity index (χ0) is 16.3. The molecule has 6 nitrogen and oxygen atoms in total. The summed E-state index contributed by atoms with van der Waals surface area (Å²) >= 11 is 6.06. The van der Waals surface area contributed by atoms with Crippen LogP contribution in [0.15, 0.2) is 42.5 Å². The Morgan fingerprint density at radius 1 is 1.32 bits per heavy atom. The van der Waals surface area contributed by atoms with Gasteiger partial charge in [0.15, 0.2) is 0 Å². The third-order valence-electron chi connectivity index (χ3n) is 3.19. The fourth-order valence-corrected chi connectivity index (χ4v) is 2.20. The van der Waals surface area contributed by atoms with Crippen molar-refractivity contribution in [2.75, 3.05) is 12.8 Å². The predicted molar refractivity (Wildman–Crippen MR) is 84.8 cm³/mol. The summed E-state index contributed by atoms with van der Waals surface area (Å²) in [6.07, 6.45) is 0. The van der Waals surface area contributed by atoms with Crippen molar-refractivity contribution in [3.05, 3.63) is 68.7 Å². The Bertz CT molecular complexity index is 734. The van der Waals surface area contributed by atoms with Crippen LogP contribution in [-0.4, -0.2) is 22.8 Å². The second-order valence-electron chi connectivity index (χ2n) is 4.78. The van der Waals surface area contributed by atoms with E-state index in [1.54, 1.807) is 19.2 Å². The minimum atomic E-state index is -0.611. The van der Waals surface area contributed by atoms with E-state index in [9.17, 15) is 14.9 Å². The molecule has 7 heteroatoms. The van der Waals surface area contributed by atoms with Crippen LogP contribution in [0.1, 0.15) is 15.9 Å². The second-order valence-corrected chi connectivity index (χ2v) is 5.19. The van der Waals surface area contributed by atoms with Crippen molar-refractivity contribution >= 4 is 28.9 Å². The molecule has 2 aromatic rings. The van der Waals surface area contributed by atoms with E-state index in [4.69, 9.17) is 17.3 Å². The number of carbonyl (C=O) groups is 1. The Kier molecular flexibility index (Phi) is 4.62. The molecule has 0 heterocycles. The highest BCUT2D eigenvalue weighted by Gasteiger charge is 2.18. The molecule has 2 N–H and O–H groups in total. The number of halogens is 1. The molecule has 2 rings (SSSR count). The Morgan fingerprint density at radius 2 is 2.00 bits per heavy atom. The molecule has 0 spiro atoms. The van der Waals surface area contributed by atoms with Crippen molar-refractivity contribution in [3.8, 4) is 0 Å². The Morgan fingerprint density at radius 3 is 2.64 bits per heavy atom. The van der Waals surface area contributed by atoms with Gasteiger partial charge in [0.2, 0.25) is 0 Å². The minimum absolute atomic E-state index is 0.0234. The highest BCUT2D eigenvalue weighted by molar-refractivity contribution is 6.31. The van der Waals surface area contributed by atoms with Gasteiger partial charge in [0.25, 0.3) is 11.6 Å². The molecule has 0 aliphatic rings. The maximum atomic E-state index is 12.4. The van der Waals surface area contributed by atoms with Crippen molar-refractivity contribution in [3.63, 3.8) is 0 Å². The first-order chi connectivity index (χ1) is 10.4. The van der Waals surface area contributed by atoms with Crippen LogP contribution in [0.3, 0.4) is 0 Å². The normalized spacial score (nSPS) is 10.3. The molecule has 0 aliphatic carbocycles. The maximum absolute atomic E-state index is 12.4. The Hall–Kier alpha value is -2.60. The topological polar surface area (TPSA) is 89.5 Å². The number of nitro groups is 1. The number of nitro benzene ring substituents is 1. The van der Waals surface area contributed by atoms with Gasteiger partial charge < -0.3 is 10.6 Å². The van der Waals surface area contributed by atoms with Crippen LogP contribution in [0.2, 0.25) is 5.02 Å². The summed E-state index contributed by atoms with van der Waals surface area (Å²) in [5.41, 5.74) is 6.27. The lowest BCUT2D eigenvalue weighted by Gasteiger charge is -2.18.